The number of likely N-dealkylation sites (N-methyl/N-ethyl adjacent to an activating group) is 1. The van der Waals surface area contributed by atoms with E-state index in [1.807, 2.05) is 36.4 Å². The summed E-state index contributed by atoms with van der Waals surface area (Å²) in [7, 11) is 1.44. The van der Waals surface area contributed by atoms with E-state index in [1.165, 1.54) is 7.05 Å². The van der Waals surface area contributed by atoms with E-state index in [0.717, 1.165) is 27.2 Å². The van der Waals surface area contributed by atoms with Crippen LogP contribution < -0.4 is 0 Å². The van der Waals surface area contributed by atoms with Crippen LogP contribution >= 0.6 is 11.6 Å². The van der Waals surface area contributed by atoms with E-state index in [9.17, 15) is 14.7 Å². The molecule has 0 spiro atoms. The van der Waals surface area contributed by atoms with Crippen LogP contribution in [-0.2, 0) is 9.53 Å². The van der Waals surface area contributed by atoms with Crippen molar-refractivity contribution < 1.29 is 19.4 Å². The van der Waals surface area contributed by atoms with Crippen LogP contribution in [0.5, 0.6) is 0 Å². The molecule has 0 saturated heterocycles. The van der Waals surface area contributed by atoms with Gasteiger partial charge in [0.25, 0.3) is 0 Å². The second kappa shape index (κ2) is 8.44. The predicted molar refractivity (Wildman–Crippen MR) is 119 cm³/mol. The lowest BCUT2D eigenvalue weighted by molar-refractivity contribution is -0.142. The number of benzene rings is 3. The minimum Gasteiger partial charge on any atom is -0.479 e. The third-order valence-electron chi connectivity index (χ3n) is 5.77. The average Bonchev–Trinajstić information content (AvgIpc) is 3.07. The number of halogens is 1. The molecule has 0 radical (unpaired) electrons. The zero-order valence-electron chi connectivity index (χ0n) is 17.2. The normalized spacial score (nSPS) is 13.3. The monoisotopic (exact) mass is 435 g/mol. The number of nitrogens with zero attached hydrogens (tertiary/aromatic N) is 1. The molecule has 0 aromatic heterocycles. The lowest BCUT2D eigenvalue weighted by Gasteiger charge is -2.26. The van der Waals surface area contributed by atoms with Crippen LogP contribution in [0.4, 0.5) is 4.79 Å². The highest BCUT2D eigenvalue weighted by Gasteiger charge is 2.33. The van der Waals surface area contributed by atoms with E-state index in [4.69, 9.17) is 16.3 Å². The largest absolute Gasteiger partial charge is 0.479 e. The molecule has 4 rings (SSSR count). The van der Waals surface area contributed by atoms with Gasteiger partial charge in [-0.05, 0) is 52.4 Å². The van der Waals surface area contributed by atoms with Crippen molar-refractivity contribution in [3.8, 4) is 11.1 Å². The van der Waals surface area contributed by atoms with E-state index in [2.05, 4.69) is 12.1 Å². The van der Waals surface area contributed by atoms with E-state index < -0.39 is 18.1 Å². The van der Waals surface area contributed by atoms with Crippen molar-refractivity contribution in [2.45, 2.75) is 18.9 Å². The van der Waals surface area contributed by atoms with Gasteiger partial charge in [0.1, 0.15) is 6.61 Å². The molecule has 5 nitrogen and oxygen atoms in total. The fraction of sp³-hybridized carbons (Fsp3) is 0.200. The maximum atomic E-state index is 12.8. The molecule has 3 aromatic carbocycles. The van der Waals surface area contributed by atoms with Crippen molar-refractivity contribution in [1.82, 2.24) is 4.90 Å². The van der Waals surface area contributed by atoms with Gasteiger partial charge in [0.15, 0.2) is 6.04 Å². The Hall–Kier alpha value is -3.31. The third kappa shape index (κ3) is 3.89. The highest BCUT2D eigenvalue weighted by molar-refractivity contribution is 6.30. The molecule has 1 aliphatic carbocycles. The van der Waals surface area contributed by atoms with Crippen molar-refractivity contribution in [2.24, 2.45) is 0 Å². The van der Waals surface area contributed by atoms with Crippen LogP contribution in [0.15, 0.2) is 66.7 Å². The molecule has 1 unspecified atom stereocenters. The van der Waals surface area contributed by atoms with Crippen molar-refractivity contribution in [1.29, 1.82) is 0 Å². The quantitative estimate of drug-likeness (QED) is 0.562. The van der Waals surface area contributed by atoms with E-state index in [-0.39, 0.29) is 12.5 Å². The molecule has 1 atom stereocenters. The summed E-state index contributed by atoms with van der Waals surface area (Å²) >= 11 is 6.00. The molecule has 1 amide bonds. The Morgan fingerprint density at radius 2 is 1.61 bits per heavy atom. The average molecular weight is 436 g/mol. The molecule has 0 aliphatic heterocycles. The molecule has 1 aliphatic rings. The molecule has 0 saturated carbocycles. The second-order valence-corrected chi connectivity index (χ2v) is 8.09. The number of aryl methyl sites for hydroxylation is 1. The number of fused-ring (bicyclic) bond motifs is 3. The highest BCUT2D eigenvalue weighted by atomic mass is 35.5. The first-order chi connectivity index (χ1) is 14.9. The first-order valence-electron chi connectivity index (χ1n) is 9.95. The molecular formula is C25H22ClNO4. The highest BCUT2D eigenvalue weighted by Crippen LogP contribution is 2.44. The molecule has 1 N–H and O–H groups in total. The van der Waals surface area contributed by atoms with Crippen LogP contribution in [0, 0.1) is 6.92 Å². The molecule has 0 bridgehead atoms. The molecule has 31 heavy (non-hydrogen) atoms. The van der Waals surface area contributed by atoms with Crippen LogP contribution in [0.1, 0.15) is 34.2 Å². The predicted octanol–water partition coefficient (Wildman–Crippen LogP) is 5.66. The summed E-state index contributed by atoms with van der Waals surface area (Å²) in [4.78, 5) is 25.9. The van der Waals surface area contributed by atoms with E-state index in [0.29, 0.717) is 16.1 Å². The van der Waals surface area contributed by atoms with Gasteiger partial charge >= 0.3 is 12.1 Å². The minimum absolute atomic E-state index is 0.0923. The Morgan fingerprint density at radius 3 is 2.16 bits per heavy atom. The van der Waals surface area contributed by atoms with E-state index in [1.54, 1.807) is 25.1 Å². The molecule has 0 fully saturated rings. The Labute approximate surface area is 185 Å². The Bertz CT molecular complexity index is 1110. The smallest absolute Gasteiger partial charge is 0.410 e. The maximum Gasteiger partial charge on any atom is 0.410 e. The summed E-state index contributed by atoms with van der Waals surface area (Å²) in [6.07, 6.45) is -0.691. The van der Waals surface area contributed by atoms with E-state index >= 15 is 0 Å². The Morgan fingerprint density at radius 1 is 1.03 bits per heavy atom. The maximum absolute atomic E-state index is 12.8. The first-order valence-corrected chi connectivity index (χ1v) is 10.3. The summed E-state index contributed by atoms with van der Waals surface area (Å²) in [6.45, 7) is 1.89. The summed E-state index contributed by atoms with van der Waals surface area (Å²) in [5.41, 5.74) is 5.65. The molecule has 0 heterocycles. The van der Waals surface area contributed by atoms with Gasteiger partial charge in [-0.3, -0.25) is 4.90 Å². The van der Waals surface area contributed by atoms with Gasteiger partial charge in [-0.2, -0.15) is 0 Å². The number of carbonyl (C=O) groups is 2. The topological polar surface area (TPSA) is 66.8 Å². The summed E-state index contributed by atoms with van der Waals surface area (Å²) in [5, 5.41) is 10.3. The minimum atomic E-state index is -1.17. The van der Waals surface area contributed by atoms with Crippen LogP contribution in [0.25, 0.3) is 11.1 Å². The van der Waals surface area contributed by atoms with Gasteiger partial charge in [-0.1, -0.05) is 66.2 Å². The van der Waals surface area contributed by atoms with Gasteiger partial charge in [0.2, 0.25) is 0 Å². The van der Waals surface area contributed by atoms with Gasteiger partial charge in [0.05, 0.1) is 0 Å². The second-order valence-electron chi connectivity index (χ2n) is 7.66. The SMILES string of the molecule is Cc1cc(Cl)ccc1C(C(=O)O)N(C)C(=O)OCC1c2ccccc2-c2ccccc21. The number of hydrogen-bond donors (Lipinski definition) is 1. The summed E-state index contributed by atoms with van der Waals surface area (Å²) < 4.78 is 5.62. The Kier molecular flexibility index (Phi) is 5.70. The number of carboxylic acids is 1. The number of ether oxygens (including phenoxy) is 1. The lowest BCUT2D eigenvalue weighted by atomic mass is 9.98. The summed E-state index contributed by atoms with van der Waals surface area (Å²) in [6, 6.07) is 19.9. The zero-order chi connectivity index (χ0) is 22.1. The first kappa shape index (κ1) is 20.9. The number of carboxylic acid groups (broad SMARTS) is 1. The van der Waals surface area contributed by atoms with Crippen LogP contribution in [0.3, 0.4) is 0 Å². The molecule has 158 valence electrons. The number of amides is 1. The van der Waals surface area contributed by atoms with Crippen LogP contribution in [-0.4, -0.2) is 35.7 Å². The van der Waals surface area contributed by atoms with Gasteiger partial charge in [-0.25, -0.2) is 9.59 Å². The molecule has 6 heteroatoms. The zero-order valence-corrected chi connectivity index (χ0v) is 18.0. The van der Waals surface area contributed by atoms with Gasteiger partial charge in [-0.15, -0.1) is 0 Å². The lowest BCUT2D eigenvalue weighted by Crippen LogP contribution is -2.37. The van der Waals surface area contributed by atoms with Crippen molar-refractivity contribution in [3.05, 3.63) is 94.0 Å². The number of rotatable bonds is 5. The fourth-order valence-corrected chi connectivity index (χ4v) is 4.48. The fourth-order valence-electron chi connectivity index (χ4n) is 4.25. The van der Waals surface area contributed by atoms with Gasteiger partial charge in [0, 0.05) is 18.0 Å². The van der Waals surface area contributed by atoms with Gasteiger partial charge < -0.3 is 9.84 Å². The molecular weight excluding hydrogens is 414 g/mol. The van der Waals surface area contributed by atoms with Crippen LogP contribution in [0.2, 0.25) is 5.02 Å². The third-order valence-corrected chi connectivity index (χ3v) is 6.01. The number of carbonyl (C=O) groups excluding carboxylic acids is 1. The van der Waals surface area contributed by atoms with Crippen molar-refractivity contribution in [3.63, 3.8) is 0 Å². The molecule has 3 aromatic rings. The number of aliphatic carboxylic acids is 1. The van der Waals surface area contributed by atoms with Crippen molar-refractivity contribution in [2.75, 3.05) is 13.7 Å². The standard InChI is InChI=1S/C25H22ClNO4/c1-15-13-16(26)11-12-17(15)23(24(28)29)27(2)25(30)31-14-22-20-9-5-3-7-18(20)19-8-4-6-10-21(19)22/h3-13,22-23H,14H2,1-2H3,(H,28,29). The summed E-state index contributed by atoms with van der Waals surface area (Å²) in [5.74, 6) is -1.23. The van der Waals surface area contributed by atoms with Crippen molar-refractivity contribution >= 4 is 23.7 Å². The Balaban J connectivity index is 1.55. The number of hydrogen-bond acceptors (Lipinski definition) is 3.